The van der Waals surface area contributed by atoms with E-state index in [4.69, 9.17) is 5.11 Å². The number of carbonyl (C=O) groups excluding carboxylic acids is 1. The molecule has 0 heterocycles. The van der Waals surface area contributed by atoms with Crippen LogP contribution in [0.1, 0.15) is 15.9 Å². The second-order valence-electron chi connectivity index (χ2n) is 4.61. The van der Waals surface area contributed by atoms with Crippen LogP contribution in [-0.2, 0) is 11.3 Å². The third-order valence-corrected chi connectivity index (χ3v) is 3.08. The lowest BCUT2D eigenvalue weighted by molar-refractivity contribution is -0.274. The van der Waals surface area contributed by atoms with E-state index in [0.717, 1.165) is 13.2 Å². The second kappa shape index (κ2) is 6.70. The van der Waals surface area contributed by atoms with E-state index >= 15 is 0 Å². The molecule has 0 aliphatic heterocycles. The molecule has 0 bridgehead atoms. The van der Waals surface area contributed by atoms with Gasteiger partial charge in [0, 0.05) is 0 Å². The Bertz CT molecular complexity index is 693. The lowest BCUT2D eigenvalue weighted by Gasteiger charge is -2.14. The first-order valence-corrected chi connectivity index (χ1v) is 6.52. The molecule has 0 aliphatic carbocycles. The summed E-state index contributed by atoms with van der Waals surface area (Å²) in [6, 6.07) is 10.4. The van der Waals surface area contributed by atoms with Crippen molar-refractivity contribution < 1.29 is 32.5 Å². The molecule has 0 radical (unpaired) electrons. The summed E-state index contributed by atoms with van der Waals surface area (Å²) in [5, 5.41) is 9.00. The minimum Gasteiger partial charge on any atom is -0.465 e. The Hall–Kier alpha value is -2.54. The fraction of sp³-hybridized carbons (Fsp3) is 0.188. The summed E-state index contributed by atoms with van der Waals surface area (Å²) < 4.78 is 45.9. The van der Waals surface area contributed by atoms with Crippen LogP contribution in [0.5, 0.6) is 5.75 Å². The first-order valence-electron chi connectivity index (χ1n) is 6.52. The van der Waals surface area contributed by atoms with Gasteiger partial charge in [-0.2, -0.15) is 0 Å². The summed E-state index contributed by atoms with van der Waals surface area (Å²) in [6.07, 6.45) is -4.93. The van der Waals surface area contributed by atoms with E-state index in [1.807, 2.05) is 0 Å². The molecule has 4 nitrogen and oxygen atoms in total. The number of rotatable bonds is 4. The molecule has 23 heavy (non-hydrogen) atoms. The van der Waals surface area contributed by atoms with Gasteiger partial charge in [-0.1, -0.05) is 30.3 Å². The van der Waals surface area contributed by atoms with Gasteiger partial charge < -0.3 is 14.6 Å². The quantitative estimate of drug-likeness (QED) is 0.873. The highest BCUT2D eigenvalue weighted by atomic mass is 19.4. The van der Waals surface area contributed by atoms with Crippen LogP contribution in [0.3, 0.4) is 0 Å². The molecule has 0 amide bonds. The Balaban J connectivity index is 2.45. The number of alkyl halides is 3. The van der Waals surface area contributed by atoms with Crippen molar-refractivity contribution in [3.8, 4) is 16.9 Å². The fourth-order valence-electron chi connectivity index (χ4n) is 1.99. The number of halogens is 3. The van der Waals surface area contributed by atoms with E-state index in [1.54, 1.807) is 24.3 Å². The van der Waals surface area contributed by atoms with E-state index in [-0.39, 0.29) is 12.2 Å². The van der Waals surface area contributed by atoms with E-state index in [1.165, 1.54) is 12.1 Å². The Morgan fingerprint density at radius 2 is 1.70 bits per heavy atom. The first-order chi connectivity index (χ1) is 10.8. The minimum absolute atomic E-state index is 0.135. The molecule has 122 valence electrons. The Kier molecular flexibility index (Phi) is 4.90. The third-order valence-electron chi connectivity index (χ3n) is 3.08. The maximum atomic E-state index is 12.5. The van der Waals surface area contributed by atoms with Gasteiger partial charge in [-0.3, -0.25) is 0 Å². The van der Waals surface area contributed by atoms with Crippen molar-refractivity contribution in [1.82, 2.24) is 0 Å². The van der Waals surface area contributed by atoms with Crippen LogP contribution in [0.25, 0.3) is 11.1 Å². The Labute approximate surface area is 130 Å². The summed E-state index contributed by atoms with van der Waals surface area (Å²) in [7, 11) is 1.07. The summed E-state index contributed by atoms with van der Waals surface area (Å²) in [5.41, 5.74) is 1.40. The van der Waals surface area contributed by atoms with Crippen molar-refractivity contribution in [2.24, 2.45) is 0 Å². The molecule has 0 spiro atoms. The second-order valence-corrected chi connectivity index (χ2v) is 4.61. The molecule has 0 aromatic heterocycles. The Morgan fingerprint density at radius 3 is 2.22 bits per heavy atom. The molecular weight excluding hydrogens is 313 g/mol. The van der Waals surface area contributed by atoms with Gasteiger partial charge in [-0.25, -0.2) is 4.79 Å². The minimum atomic E-state index is -4.93. The molecule has 0 saturated carbocycles. The first kappa shape index (κ1) is 16.8. The number of ether oxygens (including phenoxy) is 2. The Morgan fingerprint density at radius 1 is 1.09 bits per heavy atom. The molecule has 1 N–H and O–H groups in total. The highest BCUT2D eigenvalue weighted by molar-refractivity contribution is 5.93. The predicted molar refractivity (Wildman–Crippen MR) is 75.8 cm³/mol. The van der Waals surface area contributed by atoms with Crippen LogP contribution in [0.15, 0.2) is 42.5 Å². The highest BCUT2D eigenvalue weighted by Gasteiger charge is 2.33. The zero-order valence-corrected chi connectivity index (χ0v) is 12.1. The van der Waals surface area contributed by atoms with E-state index in [0.29, 0.717) is 16.7 Å². The van der Waals surface area contributed by atoms with Gasteiger partial charge in [0.2, 0.25) is 0 Å². The average molecular weight is 326 g/mol. The number of esters is 1. The van der Waals surface area contributed by atoms with Crippen LogP contribution in [0, 0.1) is 0 Å². The lowest BCUT2D eigenvalue weighted by Crippen LogP contribution is -2.19. The van der Waals surface area contributed by atoms with Gasteiger partial charge in [0.1, 0.15) is 11.3 Å². The SMILES string of the molecule is COC(=O)c1ccc(-c2ccc(CO)cc2)cc1OC(F)(F)F. The summed E-state index contributed by atoms with van der Waals surface area (Å²) >= 11 is 0. The molecular formula is C16H13F3O4. The largest absolute Gasteiger partial charge is 0.573 e. The monoisotopic (exact) mass is 326 g/mol. The number of carbonyl (C=O) groups is 1. The zero-order chi connectivity index (χ0) is 17.0. The lowest BCUT2D eigenvalue weighted by atomic mass is 10.0. The number of hydrogen-bond donors (Lipinski definition) is 1. The molecule has 7 heteroatoms. The average Bonchev–Trinajstić information content (AvgIpc) is 2.52. The zero-order valence-electron chi connectivity index (χ0n) is 12.1. The summed E-state index contributed by atoms with van der Waals surface area (Å²) in [6.45, 7) is -0.135. The van der Waals surface area contributed by atoms with Crippen LogP contribution < -0.4 is 4.74 Å². The van der Waals surface area contributed by atoms with E-state index in [2.05, 4.69) is 9.47 Å². The standard InChI is InChI=1S/C16H13F3O4/c1-22-15(21)13-7-6-12(8-14(13)23-16(17,18)19)11-4-2-10(9-20)3-5-11/h2-8,20H,9H2,1H3. The highest BCUT2D eigenvalue weighted by Crippen LogP contribution is 2.32. The number of aliphatic hydroxyl groups is 1. The fourth-order valence-corrected chi connectivity index (χ4v) is 1.99. The van der Waals surface area contributed by atoms with Crippen LogP contribution >= 0.6 is 0 Å². The van der Waals surface area contributed by atoms with Gasteiger partial charge in [-0.05, 0) is 28.8 Å². The molecule has 0 aliphatic rings. The van der Waals surface area contributed by atoms with Crippen LogP contribution in [0.4, 0.5) is 13.2 Å². The number of aliphatic hydroxyl groups excluding tert-OH is 1. The van der Waals surface area contributed by atoms with Crippen molar-refractivity contribution in [3.05, 3.63) is 53.6 Å². The molecule has 2 rings (SSSR count). The van der Waals surface area contributed by atoms with Crippen molar-refractivity contribution in [3.63, 3.8) is 0 Å². The predicted octanol–water partition coefficient (Wildman–Crippen LogP) is 3.53. The summed E-state index contributed by atoms with van der Waals surface area (Å²) in [4.78, 5) is 11.6. The van der Waals surface area contributed by atoms with Crippen molar-refractivity contribution >= 4 is 5.97 Å². The van der Waals surface area contributed by atoms with Crippen LogP contribution in [-0.4, -0.2) is 24.5 Å². The molecule has 0 atom stereocenters. The normalized spacial score (nSPS) is 11.2. The van der Waals surface area contributed by atoms with Gasteiger partial charge in [-0.15, -0.1) is 13.2 Å². The molecule has 0 unspecified atom stereocenters. The van der Waals surface area contributed by atoms with Gasteiger partial charge in [0.25, 0.3) is 0 Å². The molecule has 2 aromatic rings. The van der Waals surface area contributed by atoms with Crippen molar-refractivity contribution in [1.29, 1.82) is 0 Å². The van der Waals surface area contributed by atoms with Gasteiger partial charge in [0.05, 0.1) is 13.7 Å². The molecule has 2 aromatic carbocycles. The topological polar surface area (TPSA) is 55.8 Å². The smallest absolute Gasteiger partial charge is 0.465 e. The van der Waals surface area contributed by atoms with Crippen molar-refractivity contribution in [2.75, 3.05) is 7.11 Å². The van der Waals surface area contributed by atoms with E-state index < -0.39 is 18.1 Å². The van der Waals surface area contributed by atoms with Gasteiger partial charge in [0.15, 0.2) is 0 Å². The van der Waals surface area contributed by atoms with Crippen LogP contribution in [0.2, 0.25) is 0 Å². The maximum Gasteiger partial charge on any atom is 0.573 e. The number of benzene rings is 2. The van der Waals surface area contributed by atoms with E-state index in [9.17, 15) is 18.0 Å². The third kappa shape index (κ3) is 4.23. The summed E-state index contributed by atoms with van der Waals surface area (Å²) in [5.74, 6) is -1.56. The number of hydrogen-bond acceptors (Lipinski definition) is 4. The number of methoxy groups -OCH3 is 1. The molecule has 0 fully saturated rings. The van der Waals surface area contributed by atoms with Gasteiger partial charge >= 0.3 is 12.3 Å². The van der Waals surface area contributed by atoms with Crippen molar-refractivity contribution in [2.45, 2.75) is 13.0 Å². The molecule has 0 saturated heterocycles. The maximum absolute atomic E-state index is 12.5.